The van der Waals surface area contributed by atoms with Gasteiger partial charge < -0.3 is 15.8 Å². The maximum absolute atomic E-state index is 14.8. The fourth-order valence-electron chi connectivity index (χ4n) is 3.41. The van der Waals surface area contributed by atoms with Crippen molar-refractivity contribution in [2.75, 3.05) is 26.2 Å². The highest BCUT2D eigenvalue weighted by Gasteiger charge is 2.08. The van der Waals surface area contributed by atoms with E-state index in [0.717, 1.165) is 54.8 Å². The maximum atomic E-state index is 14.8. The van der Waals surface area contributed by atoms with E-state index in [1.54, 1.807) is 6.07 Å². The lowest BCUT2D eigenvalue weighted by molar-refractivity contribution is 0.314. The van der Waals surface area contributed by atoms with E-state index in [9.17, 15) is 4.39 Å². The van der Waals surface area contributed by atoms with E-state index in [-0.39, 0.29) is 5.82 Å². The molecule has 3 rings (SSSR count). The van der Waals surface area contributed by atoms with Crippen molar-refractivity contribution in [3.63, 3.8) is 0 Å². The number of halogens is 1. The lowest BCUT2D eigenvalue weighted by Gasteiger charge is -2.10. The predicted octanol–water partition coefficient (Wildman–Crippen LogP) is 5.43. The molecule has 0 fully saturated rings. The zero-order valence-electron chi connectivity index (χ0n) is 17.7. The summed E-state index contributed by atoms with van der Waals surface area (Å²) in [5.74, 6) is 0.600. The van der Waals surface area contributed by atoms with Crippen molar-refractivity contribution < 1.29 is 9.13 Å². The fourth-order valence-corrected chi connectivity index (χ4v) is 3.41. The highest BCUT2D eigenvalue weighted by atomic mass is 19.1. The smallest absolute Gasteiger partial charge is 0.131 e. The first-order valence-electron chi connectivity index (χ1n) is 10.7. The molecule has 4 heteroatoms. The Balaban J connectivity index is 1.61. The van der Waals surface area contributed by atoms with Crippen LogP contribution in [0.15, 0.2) is 66.7 Å². The van der Waals surface area contributed by atoms with Gasteiger partial charge in [0.15, 0.2) is 0 Å². The number of aryl methyl sites for hydroxylation is 1. The topological polar surface area (TPSA) is 47.3 Å². The van der Waals surface area contributed by atoms with Gasteiger partial charge in [0.25, 0.3) is 0 Å². The summed E-state index contributed by atoms with van der Waals surface area (Å²) in [5, 5.41) is 3.28. The summed E-state index contributed by atoms with van der Waals surface area (Å²) in [6.07, 6.45) is 3.12. The number of rotatable bonds is 11. The number of nitrogens with two attached hydrogens (primary N) is 1. The van der Waals surface area contributed by atoms with Gasteiger partial charge in [-0.1, -0.05) is 61.9 Å². The third-order valence-corrected chi connectivity index (χ3v) is 5.07. The Kier molecular flexibility index (Phi) is 8.42. The molecule has 3 aromatic rings. The average molecular weight is 407 g/mol. The van der Waals surface area contributed by atoms with Crippen LogP contribution in [0, 0.1) is 5.82 Å². The van der Waals surface area contributed by atoms with Crippen LogP contribution in [-0.2, 0) is 6.42 Å². The Morgan fingerprint density at radius 1 is 0.867 bits per heavy atom. The number of benzene rings is 3. The summed E-state index contributed by atoms with van der Waals surface area (Å²) in [6, 6.07) is 21.4. The van der Waals surface area contributed by atoms with Gasteiger partial charge in [-0.3, -0.25) is 0 Å². The highest BCUT2D eigenvalue weighted by Crippen LogP contribution is 2.29. The molecule has 0 aliphatic carbocycles. The molecule has 0 saturated heterocycles. The maximum Gasteiger partial charge on any atom is 0.131 e. The number of nitrogens with one attached hydrogen (secondary N) is 1. The van der Waals surface area contributed by atoms with Gasteiger partial charge in [0.2, 0.25) is 0 Å². The molecule has 3 nitrogen and oxygen atoms in total. The van der Waals surface area contributed by atoms with Gasteiger partial charge in [-0.25, -0.2) is 4.39 Å². The zero-order chi connectivity index (χ0) is 21.2. The van der Waals surface area contributed by atoms with Crippen molar-refractivity contribution in [3.8, 4) is 28.0 Å². The molecule has 0 unspecified atom stereocenters. The first-order chi connectivity index (χ1) is 14.7. The van der Waals surface area contributed by atoms with Gasteiger partial charge in [-0.2, -0.15) is 0 Å². The lowest BCUT2D eigenvalue weighted by Crippen LogP contribution is -2.23. The van der Waals surface area contributed by atoms with E-state index in [0.29, 0.717) is 18.7 Å². The lowest BCUT2D eigenvalue weighted by atomic mass is 9.98. The molecular formula is C26H31FN2O. The van der Waals surface area contributed by atoms with E-state index in [4.69, 9.17) is 10.5 Å². The van der Waals surface area contributed by atoms with Gasteiger partial charge in [0.05, 0.1) is 0 Å². The summed E-state index contributed by atoms with van der Waals surface area (Å²) in [7, 11) is 0. The SMILES string of the molecule is CCCc1ccc(-c2ccc(-c3ccc(OCCNCCCN)cc3)cc2F)cc1. The molecule has 0 aliphatic heterocycles. The van der Waals surface area contributed by atoms with E-state index in [1.807, 2.05) is 48.5 Å². The largest absolute Gasteiger partial charge is 0.492 e. The van der Waals surface area contributed by atoms with Crippen LogP contribution in [0.2, 0.25) is 0 Å². The number of hydrogen-bond acceptors (Lipinski definition) is 3. The fraction of sp³-hybridized carbons (Fsp3) is 0.308. The van der Waals surface area contributed by atoms with E-state index in [2.05, 4.69) is 24.4 Å². The Labute approximate surface area is 179 Å². The predicted molar refractivity (Wildman–Crippen MR) is 123 cm³/mol. The van der Waals surface area contributed by atoms with Crippen LogP contribution in [0.25, 0.3) is 22.3 Å². The van der Waals surface area contributed by atoms with Crippen LogP contribution in [-0.4, -0.2) is 26.2 Å². The first kappa shape index (κ1) is 22.0. The minimum Gasteiger partial charge on any atom is -0.492 e. The molecule has 158 valence electrons. The van der Waals surface area contributed by atoms with Gasteiger partial charge >= 0.3 is 0 Å². The van der Waals surface area contributed by atoms with Gasteiger partial charge in [-0.15, -0.1) is 0 Å². The molecule has 0 aromatic heterocycles. The molecule has 3 aromatic carbocycles. The monoisotopic (exact) mass is 406 g/mol. The Bertz CT molecular complexity index is 907. The van der Waals surface area contributed by atoms with Gasteiger partial charge in [-0.05, 0) is 66.4 Å². The second-order valence-electron chi connectivity index (χ2n) is 7.41. The van der Waals surface area contributed by atoms with Crippen molar-refractivity contribution in [1.82, 2.24) is 5.32 Å². The summed E-state index contributed by atoms with van der Waals surface area (Å²) in [6.45, 7) is 5.15. The Morgan fingerprint density at radius 2 is 1.57 bits per heavy atom. The summed E-state index contributed by atoms with van der Waals surface area (Å²) in [4.78, 5) is 0. The molecule has 0 atom stereocenters. The molecule has 0 spiro atoms. The molecule has 0 heterocycles. The van der Waals surface area contributed by atoms with Crippen molar-refractivity contribution in [1.29, 1.82) is 0 Å². The molecule has 30 heavy (non-hydrogen) atoms. The quantitative estimate of drug-likeness (QED) is 0.418. The van der Waals surface area contributed by atoms with E-state index < -0.39 is 0 Å². The van der Waals surface area contributed by atoms with Gasteiger partial charge in [0.1, 0.15) is 18.2 Å². The molecule has 0 aliphatic rings. The van der Waals surface area contributed by atoms with Crippen molar-refractivity contribution in [3.05, 3.63) is 78.1 Å². The number of hydrogen-bond donors (Lipinski definition) is 2. The summed E-state index contributed by atoms with van der Waals surface area (Å²) < 4.78 is 20.5. The minimum absolute atomic E-state index is 0.209. The standard InChI is InChI=1S/C26H31FN2O/c1-2-4-20-5-7-22(8-6-20)25-14-11-23(19-26(25)27)21-9-12-24(13-10-21)30-18-17-29-16-3-15-28/h5-14,19,29H,2-4,15-18,28H2,1H3. The van der Waals surface area contributed by atoms with Crippen molar-refractivity contribution in [2.45, 2.75) is 26.2 Å². The first-order valence-corrected chi connectivity index (χ1v) is 10.7. The van der Waals surface area contributed by atoms with Gasteiger partial charge in [0, 0.05) is 12.1 Å². The molecule has 0 radical (unpaired) electrons. The van der Waals surface area contributed by atoms with Crippen molar-refractivity contribution in [2.24, 2.45) is 5.73 Å². The van der Waals surface area contributed by atoms with E-state index >= 15 is 0 Å². The molecule has 0 bridgehead atoms. The zero-order valence-corrected chi connectivity index (χ0v) is 17.7. The Hall–Kier alpha value is -2.69. The van der Waals surface area contributed by atoms with Crippen LogP contribution < -0.4 is 15.8 Å². The van der Waals surface area contributed by atoms with Crippen LogP contribution in [0.4, 0.5) is 4.39 Å². The van der Waals surface area contributed by atoms with E-state index in [1.165, 1.54) is 5.56 Å². The van der Waals surface area contributed by atoms with Crippen LogP contribution in [0.3, 0.4) is 0 Å². The molecule has 0 saturated carbocycles. The Morgan fingerprint density at radius 3 is 2.23 bits per heavy atom. The van der Waals surface area contributed by atoms with Crippen LogP contribution in [0.1, 0.15) is 25.3 Å². The molecular weight excluding hydrogens is 375 g/mol. The third-order valence-electron chi connectivity index (χ3n) is 5.07. The second-order valence-corrected chi connectivity index (χ2v) is 7.41. The minimum atomic E-state index is -0.209. The average Bonchev–Trinajstić information content (AvgIpc) is 2.77. The molecule has 0 amide bonds. The van der Waals surface area contributed by atoms with Crippen molar-refractivity contribution >= 4 is 0 Å². The summed E-state index contributed by atoms with van der Waals surface area (Å²) >= 11 is 0. The van der Waals surface area contributed by atoms with Crippen LogP contribution in [0.5, 0.6) is 5.75 Å². The molecule has 3 N–H and O–H groups in total. The van der Waals surface area contributed by atoms with Crippen LogP contribution >= 0.6 is 0 Å². The summed E-state index contributed by atoms with van der Waals surface area (Å²) in [5.41, 5.74) is 10.1. The third kappa shape index (κ3) is 6.15. The normalized spacial score (nSPS) is 10.9. The number of ether oxygens (including phenoxy) is 1. The highest BCUT2D eigenvalue weighted by molar-refractivity contribution is 5.71. The second kappa shape index (κ2) is 11.5.